The summed E-state index contributed by atoms with van der Waals surface area (Å²) in [6, 6.07) is 7.13. The van der Waals surface area contributed by atoms with Crippen LogP contribution in [0.3, 0.4) is 0 Å². The third-order valence-corrected chi connectivity index (χ3v) is 2.03. The van der Waals surface area contributed by atoms with Crippen molar-refractivity contribution in [2.75, 3.05) is 20.8 Å². The van der Waals surface area contributed by atoms with Crippen LogP contribution in [0, 0.1) is 0 Å². The molecule has 0 unspecified atom stereocenters. The van der Waals surface area contributed by atoms with Gasteiger partial charge in [0.05, 0.1) is 19.3 Å². The van der Waals surface area contributed by atoms with Gasteiger partial charge in [-0.25, -0.2) is 4.79 Å². The Labute approximate surface area is 94.1 Å². The van der Waals surface area contributed by atoms with Crippen molar-refractivity contribution < 1.29 is 19.4 Å². The number of benzene rings is 1. The maximum atomic E-state index is 10.8. The summed E-state index contributed by atoms with van der Waals surface area (Å²) >= 11 is 0. The molecule has 1 rings (SSSR count). The van der Waals surface area contributed by atoms with E-state index < -0.39 is 5.97 Å². The molecule has 0 bridgehead atoms. The predicted molar refractivity (Wildman–Crippen MR) is 60.5 cm³/mol. The van der Waals surface area contributed by atoms with Crippen LogP contribution in [0.2, 0.25) is 0 Å². The fourth-order valence-electron chi connectivity index (χ4n) is 1.22. The van der Waals surface area contributed by atoms with Crippen LogP contribution >= 0.6 is 0 Å². The number of hydrogen-bond acceptors (Lipinski definition) is 3. The molecular weight excluding hydrogens is 208 g/mol. The second kappa shape index (κ2) is 5.92. The first-order valence-corrected chi connectivity index (χ1v) is 4.74. The van der Waals surface area contributed by atoms with Crippen LogP contribution in [0.15, 0.2) is 29.8 Å². The second-order valence-electron chi connectivity index (χ2n) is 3.18. The van der Waals surface area contributed by atoms with Crippen LogP contribution in [0.1, 0.15) is 5.56 Å². The van der Waals surface area contributed by atoms with E-state index in [1.54, 1.807) is 37.5 Å². The number of rotatable bonds is 5. The Kier molecular flexibility index (Phi) is 4.54. The van der Waals surface area contributed by atoms with Gasteiger partial charge < -0.3 is 14.6 Å². The zero-order chi connectivity index (χ0) is 12.0. The van der Waals surface area contributed by atoms with Gasteiger partial charge in [0.1, 0.15) is 5.75 Å². The minimum absolute atomic E-state index is 0.0847. The standard InChI is InChI=1S/C12H14O4/c1-15-8-10(12(13)14)7-9-3-5-11(16-2)6-4-9/h3-7H,8H2,1-2H3,(H,13,14)/b10-7+. The van der Waals surface area contributed by atoms with Crippen LogP contribution in [-0.2, 0) is 9.53 Å². The summed E-state index contributed by atoms with van der Waals surface area (Å²) in [6.45, 7) is 0.0847. The summed E-state index contributed by atoms with van der Waals surface area (Å²) in [7, 11) is 3.04. The van der Waals surface area contributed by atoms with Gasteiger partial charge in [0.2, 0.25) is 0 Å². The van der Waals surface area contributed by atoms with Crippen molar-refractivity contribution in [3.05, 3.63) is 35.4 Å². The summed E-state index contributed by atoms with van der Waals surface area (Å²) in [6.07, 6.45) is 1.57. The van der Waals surface area contributed by atoms with Crippen molar-refractivity contribution in [1.82, 2.24) is 0 Å². The van der Waals surface area contributed by atoms with Gasteiger partial charge in [0, 0.05) is 7.11 Å². The number of carboxylic acids is 1. The van der Waals surface area contributed by atoms with Gasteiger partial charge >= 0.3 is 5.97 Å². The van der Waals surface area contributed by atoms with Gasteiger partial charge in [-0.15, -0.1) is 0 Å². The molecule has 4 heteroatoms. The quantitative estimate of drug-likeness (QED) is 0.772. The number of hydrogen-bond donors (Lipinski definition) is 1. The largest absolute Gasteiger partial charge is 0.497 e. The molecule has 1 aromatic rings. The number of methoxy groups -OCH3 is 2. The van der Waals surface area contributed by atoms with Crippen LogP contribution in [0.5, 0.6) is 5.75 Å². The van der Waals surface area contributed by atoms with E-state index in [1.165, 1.54) is 7.11 Å². The van der Waals surface area contributed by atoms with Crippen LogP contribution in [-0.4, -0.2) is 31.9 Å². The van der Waals surface area contributed by atoms with Crippen molar-refractivity contribution in [2.24, 2.45) is 0 Å². The molecule has 0 aromatic heterocycles. The van der Waals surface area contributed by atoms with Gasteiger partial charge in [0.25, 0.3) is 0 Å². The van der Waals surface area contributed by atoms with E-state index in [4.69, 9.17) is 14.6 Å². The Hall–Kier alpha value is -1.81. The Morgan fingerprint density at radius 1 is 1.31 bits per heavy atom. The van der Waals surface area contributed by atoms with Crippen molar-refractivity contribution in [2.45, 2.75) is 0 Å². The maximum absolute atomic E-state index is 10.8. The zero-order valence-electron chi connectivity index (χ0n) is 9.27. The molecule has 16 heavy (non-hydrogen) atoms. The number of carboxylic acid groups (broad SMARTS) is 1. The Morgan fingerprint density at radius 2 is 1.94 bits per heavy atom. The highest BCUT2D eigenvalue weighted by Gasteiger charge is 2.06. The highest BCUT2D eigenvalue weighted by Crippen LogP contribution is 2.14. The molecule has 0 spiro atoms. The van der Waals surface area contributed by atoms with Gasteiger partial charge in [-0.2, -0.15) is 0 Å². The fourth-order valence-corrected chi connectivity index (χ4v) is 1.22. The predicted octanol–water partition coefficient (Wildman–Crippen LogP) is 1.81. The zero-order valence-corrected chi connectivity index (χ0v) is 9.27. The van der Waals surface area contributed by atoms with Gasteiger partial charge in [0.15, 0.2) is 0 Å². The minimum Gasteiger partial charge on any atom is -0.497 e. The van der Waals surface area contributed by atoms with E-state index in [2.05, 4.69) is 0 Å². The van der Waals surface area contributed by atoms with E-state index in [9.17, 15) is 4.79 Å². The Balaban J connectivity index is 2.89. The molecule has 0 aliphatic heterocycles. The van der Waals surface area contributed by atoms with E-state index in [0.29, 0.717) is 0 Å². The monoisotopic (exact) mass is 222 g/mol. The topological polar surface area (TPSA) is 55.8 Å². The van der Waals surface area contributed by atoms with Gasteiger partial charge in [-0.05, 0) is 23.8 Å². The van der Waals surface area contributed by atoms with E-state index >= 15 is 0 Å². The average Bonchev–Trinajstić information content (AvgIpc) is 2.29. The molecule has 0 saturated carbocycles. The van der Waals surface area contributed by atoms with Crippen molar-refractivity contribution in [1.29, 1.82) is 0 Å². The first-order valence-electron chi connectivity index (χ1n) is 4.74. The Bertz CT molecular complexity index is 379. The third-order valence-electron chi connectivity index (χ3n) is 2.03. The summed E-state index contributed by atoms with van der Waals surface area (Å²) in [5, 5.41) is 8.89. The number of carbonyl (C=O) groups is 1. The number of aliphatic carboxylic acids is 1. The third kappa shape index (κ3) is 3.40. The van der Waals surface area contributed by atoms with E-state index in [-0.39, 0.29) is 12.2 Å². The van der Waals surface area contributed by atoms with Gasteiger partial charge in [-0.1, -0.05) is 12.1 Å². The first kappa shape index (κ1) is 12.3. The first-order chi connectivity index (χ1) is 7.67. The van der Waals surface area contributed by atoms with Gasteiger partial charge in [-0.3, -0.25) is 0 Å². The maximum Gasteiger partial charge on any atom is 0.333 e. The van der Waals surface area contributed by atoms with Crippen molar-refractivity contribution in [3.63, 3.8) is 0 Å². The minimum atomic E-state index is -0.974. The Morgan fingerprint density at radius 3 is 2.38 bits per heavy atom. The molecule has 0 radical (unpaired) electrons. The fraction of sp³-hybridized carbons (Fsp3) is 0.250. The summed E-state index contributed by atoms with van der Waals surface area (Å²) in [4.78, 5) is 10.8. The SMILES string of the molecule is COC/C(=C\c1ccc(OC)cc1)C(=O)O. The van der Waals surface area contributed by atoms with Crippen molar-refractivity contribution in [3.8, 4) is 5.75 Å². The molecule has 86 valence electrons. The highest BCUT2D eigenvalue weighted by atomic mass is 16.5. The lowest BCUT2D eigenvalue weighted by Gasteiger charge is -2.02. The lowest BCUT2D eigenvalue weighted by molar-refractivity contribution is -0.133. The van der Waals surface area contributed by atoms with E-state index in [1.807, 2.05) is 0 Å². The normalized spacial score (nSPS) is 11.2. The molecule has 1 aromatic carbocycles. The molecule has 0 atom stereocenters. The molecule has 0 saturated heterocycles. The molecule has 0 fully saturated rings. The second-order valence-corrected chi connectivity index (χ2v) is 3.18. The summed E-state index contributed by atoms with van der Waals surface area (Å²) in [5.74, 6) is -0.238. The molecule has 0 aliphatic rings. The molecule has 4 nitrogen and oxygen atoms in total. The van der Waals surface area contributed by atoms with Crippen molar-refractivity contribution >= 4 is 12.0 Å². The summed E-state index contributed by atoms with van der Waals surface area (Å²) in [5.41, 5.74) is 1.02. The molecule has 0 aliphatic carbocycles. The van der Waals surface area contributed by atoms with Crippen LogP contribution < -0.4 is 4.74 Å². The lowest BCUT2D eigenvalue weighted by atomic mass is 10.1. The molecule has 0 amide bonds. The smallest absolute Gasteiger partial charge is 0.333 e. The molecular formula is C12H14O4. The lowest BCUT2D eigenvalue weighted by Crippen LogP contribution is -2.06. The average molecular weight is 222 g/mol. The summed E-state index contributed by atoms with van der Waals surface area (Å²) < 4.78 is 9.82. The van der Waals surface area contributed by atoms with Crippen LogP contribution in [0.4, 0.5) is 0 Å². The number of ether oxygens (including phenoxy) is 2. The van der Waals surface area contributed by atoms with Crippen LogP contribution in [0.25, 0.3) is 6.08 Å². The van der Waals surface area contributed by atoms with E-state index in [0.717, 1.165) is 11.3 Å². The molecule has 1 N–H and O–H groups in total. The highest BCUT2D eigenvalue weighted by molar-refractivity contribution is 5.92. The molecule has 0 heterocycles.